The molecule has 0 N–H and O–H groups in total. The summed E-state index contributed by atoms with van der Waals surface area (Å²) in [6, 6.07) is 5.49. The quantitative estimate of drug-likeness (QED) is 0.408. The van der Waals surface area contributed by atoms with Crippen molar-refractivity contribution in [3.05, 3.63) is 85.2 Å². The number of nitriles is 1. The fraction of sp³-hybridized carbons (Fsp3) is 0.346. The number of hydrogen-bond acceptors (Lipinski definition) is 7. The Morgan fingerprint density at radius 2 is 1.90 bits per heavy atom. The van der Waals surface area contributed by atoms with Gasteiger partial charge in [0.05, 0.1) is 21.8 Å². The van der Waals surface area contributed by atoms with Crippen LogP contribution in [-0.4, -0.2) is 39.2 Å². The van der Waals surface area contributed by atoms with Gasteiger partial charge >= 0.3 is 6.18 Å². The Kier molecular flexibility index (Phi) is 7.41. The number of oxime groups is 1. The summed E-state index contributed by atoms with van der Waals surface area (Å²) >= 11 is 1.39. The lowest BCUT2D eigenvalue weighted by molar-refractivity contribution is -0.139. The third-order valence-electron chi connectivity index (χ3n) is 6.84. The minimum atomic E-state index is -4.78. The molecule has 1 amide bonds. The Balaban J connectivity index is 1.20. The molecule has 0 saturated carbocycles. The molecule has 1 saturated heterocycles. The maximum Gasteiger partial charge on any atom is 0.417 e. The Bertz CT molecular complexity index is 1560. The maximum absolute atomic E-state index is 14.1. The lowest BCUT2D eigenvalue weighted by Gasteiger charge is -2.31. The first-order chi connectivity index (χ1) is 19.0. The fourth-order valence-electron chi connectivity index (χ4n) is 4.72. The second-order valence-electron chi connectivity index (χ2n) is 9.38. The van der Waals surface area contributed by atoms with E-state index in [0.717, 1.165) is 17.1 Å². The largest absolute Gasteiger partial charge is 0.417 e. The molecule has 4 heterocycles. The van der Waals surface area contributed by atoms with E-state index in [9.17, 15) is 31.5 Å². The highest BCUT2D eigenvalue weighted by atomic mass is 32.1. The number of hydrogen-bond donors (Lipinski definition) is 0. The molecule has 14 heteroatoms. The second-order valence-corrected chi connectivity index (χ2v) is 10.3. The van der Waals surface area contributed by atoms with Crippen LogP contribution in [0.1, 0.15) is 58.7 Å². The van der Waals surface area contributed by atoms with Crippen LogP contribution >= 0.6 is 11.3 Å². The number of carbonyl (C=O) groups excluding carboxylic acids is 1. The first kappa shape index (κ1) is 27.4. The number of benzene rings is 1. The summed E-state index contributed by atoms with van der Waals surface area (Å²) in [6.07, 6.45) is -3.91. The van der Waals surface area contributed by atoms with E-state index in [1.165, 1.54) is 28.4 Å². The molecule has 5 rings (SSSR count). The normalized spacial score (nSPS) is 17.9. The molecule has 1 aromatic carbocycles. The van der Waals surface area contributed by atoms with Crippen LogP contribution in [0.3, 0.4) is 0 Å². The van der Waals surface area contributed by atoms with Crippen LogP contribution < -0.4 is 5.56 Å². The standard InChI is InChI=1S/C26H20F5N5O3S/c27-17-2-1-3-18(28)23(17)21-9-19(34-39-21)20-13-40-24(33-20)14-4-6-35(7-5-14)22(37)12-36-11-16(26(29,30)31)8-15(10-32)25(36)38/h1-3,8,11,13-14,21H,4-7,9,12H2. The third kappa shape index (κ3) is 5.46. The van der Waals surface area contributed by atoms with Crippen molar-refractivity contribution in [1.82, 2.24) is 14.5 Å². The Labute approximate surface area is 227 Å². The van der Waals surface area contributed by atoms with Gasteiger partial charge in [0.2, 0.25) is 5.91 Å². The van der Waals surface area contributed by atoms with Crippen LogP contribution in [0.15, 0.2) is 45.8 Å². The van der Waals surface area contributed by atoms with Gasteiger partial charge in [0.15, 0.2) is 6.10 Å². The molecule has 2 aromatic heterocycles. The molecular formula is C26H20F5N5O3S. The molecule has 1 unspecified atom stereocenters. The highest BCUT2D eigenvalue weighted by Crippen LogP contribution is 2.35. The first-order valence-corrected chi connectivity index (χ1v) is 13.0. The van der Waals surface area contributed by atoms with Gasteiger partial charge in [0.1, 0.15) is 35.5 Å². The summed E-state index contributed by atoms with van der Waals surface area (Å²) < 4.78 is 68.4. The molecule has 2 aliphatic heterocycles. The molecule has 1 fully saturated rings. The molecule has 8 nitrogen and oxygen atoms in total. The van der Waals surface area contributed by atoms with Gasteiger partial charge in [0.25, 0.3) is 5.56 Å². The van der Waals surface area contributed by atoms with Crippen molar-refractivity contribution in [2.75, 3.05) is 13.1 Å². The van der Waals surface area contributed by atoms with Gasteiger partial charge < -0.3 is 14.3 Å². The van der Waals surface area contributed by atoms with Crippen LogP contribution in [0.2, 0.25) is 0 Å². The molecule has 208 valence electrons. The van der Waals surface area contributed by atoms with Gasteiger partial charge in [0, 0.05) is 37.0 Å². The van der Waals surface area contributed by atoms with E-state index in [1.54, 1.807) is 5.38 Å². The Hall–Kier alpha value is -4.12. The van der Waals surface area contributed by atoms with Gasteiger partial charge in [-0.15, -0.1) is 11.3 Å². The van der Waals surface area contributed by atoms with Crippen molar-refractivity contribution < 1.29 is 31.6 Å². The Morgan fingerprint density at radius 3 is 2.55 bits per heavy atom. The highest BCUT2D eigenvalue weighted by molar-refractivity contribution is 7.10. The van der Waals surface area contributed by atoms with Gasteiger partial charge in [-0.1, -0.05) is 11.2 Å². The number of thiazole rings is 1. The highest BCUT2D eigenvalue weighted by Gasteiger charge is 2.34. The van der Waals surface area contributed by atoms with E-state index in [-0.39, 0.29) is 17.9 Å². The number of rotatable bonds is 5. The number of likely N-dealkylation sites (tertiary alicyclic amines) is 1. The summed E-state index contributed by atoms with van der Waals surface area (Å²) in [5, 5.41) is 15.6. The number of piperidine rings is 1. The number of carbonyl (C=O) groups is 1. The monoisotopic (exact) mass is 577 g/mol. The van der Waals surface area contributed by atoms with Crippen LogP contribution in [0.4, 0.5) is 22.0 Å². The number of nitrogens with zero attached hydrogens (tertiary/aromatic N) is 5. The number of aromatic nitrogens is 2. The van der Waals surface area contributed by atoms with Gasteiger partial charge in [-0.3, -0.25) is 9.59 Å². The van der Waals surface area contributed by atoms with Crippen molar-refractivity contribution in [2.45, 2.75) is 44.0 Å². The van der Waals surface area contributed by atoms with Gasteiger partial charge in [-0.25, -0.2) is 13.8 Å². The SMILES string of the molecule is N#Cc1cc(C(F)(F)F)cn(CC(=O)N2CCC(c3nc(C4=NOC(c5c(F)cccc5F)C4)cs3)CC2)c1=O. The summed E-state index contributed by atoms with van der Waals surface area (Å²) in [5.74, 6) is -1.96. The van der Waals surface area contributed by atoms with Crippen LogP contribution in [0.5, 0.6) is 0 Å². The molecule has 0 aliphatic carbocycles. The summed E-state index contributed by atoms with van der Waals surface area (Å²) in [4.78, 5) is 36.5. The molecule has 40 heavy (non-hydrogen) atoms. The minimum absolute atomic E-state index is 0.00648. The number of pyridine rings is 1. The van der Waals surface area contributed by atoms with Crippen molar-refractivity contribution in [1.29, 1.82) is 5.26 Å². The van der Waals surface area contributed by atoms with Gasteiger partial charge in [-0.05, 0) is 31.0 Å². The fourth-order valence-corrected chi connectivity index (χ4v) is 5.72. The molecule has 0 radical (unpaired) electrons. The third-order valence-corrected chi connectivity index (χ3v) is 7.85. The van der Waals surface area contributed by atoms with E-state index < -0.39 is 53.1 Å². The summed E-state index contributed by atoms with van der Waals surface area (Å²) in [6.45, 7) is -0.0149. The maximum atomic E-state index is 14.1. The first-order valence-electron chi connectivity index (χ1n) is 12.2. The van der Waals surface area contributed by atoms with E-state index in [4.69, 9.17) is 10.1 Å². The van der Waals surface area contributed by atoms with E-state index in [0.29, 0.717) is 54.2 Å². The number of halogens is 5. The van der Waals surface area contributed by atoms with Gasteiger partial charge in [-0.2, -0.15) is 18.4 Å². The zero-order chi connectivity index (χ0) is 28.6. The van der Waals surface area contributed by atoms with E-state index in [2.05, 4.69) is 10.1 Å². The number of amides is 1. The lowest BCUT2D eigenvalue weighted by Crippen LogP contribution is -2.41. The molecule has 3 aromatic rings. The molecule has 1 atom stereocenters. The van der Waals surface area contributed by atoms with Crippen molar-refractivity contribution in [2.24, 2.45) is 5.16 Å². The topological polar surface area (TPSA) is 101 Å². The smallest absolute Gasteiger partial charge is 0.387 e. The predicted octanol–water partition coefficient (Wildman–Crippen LogP) is 4.75. The molecule has 0 spiro atoms. The summed E-state index contributed by atoms with van der Waals surface area (Å²) in [5.41, 5.74) is -2.03. The van der Waals surface area contributed by atoms with Crippen LogP contribution in [0, 0.1) is 23.0 Å². The zero-order valence-electron chi connectivity index (χ0n) is 20.6. The zero-order valence-corrected chi connectivity index (χ0v) is 21.4. The minimum Gasteiger partial charge on any atom is -0.387 e. The molecule has 0 bridgehead atoms. The van der Waals surface area contributed by atoms with Crippen molar-refractivity contribution in [3.63, 3.8) is 0 Å². The van der Waals surface area contributed by atoms with E-state index in [1.807, 2.05) is 0 Å². The second kappa shape index (κ2) is 10.8. The average molecular weight is 578 g/mol. The predicted molar refractivity (Wildman–Crippen MR) is 132 cm³/mol. The number of alkyl halides is 3. The molecular weight excluding hydrogens is 557 g/mol. The van der Waals surface area contributed by atoms with Crippen molar-refractivity contribution in [3.8, 4) is 6.07 Å². The lowest BCUT2D eigenvalue weighted by atomic mass is 9.97. The van der Waals surface area contributed by atoms with Crippen LogP contribution in [-0.2, 0) is 22.4 Å². The average Bonchev–Trinajstić information content (AvgIpc) is 3.60. The van der Waals surface area contributed by atoms with E-state index >= 15 is 0 Å². The summed E-state index contributed by atoms with van der Waals surface area (Å²) in [7, 11) is 0. The van der Waals surface area contributed by atoms with Crippen LogP contribution in [0.25, 0.3) is 0 Å². The Morgan fingerprint density at radius 1 is 1.20 bits per heavy atom. The van der Waals surface area contributed by atoms with Crippen molar-refractivity contribution >= 4 is 23.0 Å². The molecule has 2 aliphatic rings.